The highest BCUT2D eigenvalue weighted by Crippen LogP contribution is 2.33. The van der Waals surface area contributed by atoms with Crippen molar-refractivity contribution in [3.63, 3.8) is 0 Å². The van der Waals surface area contributed by atoms with Crippen molar-refractivity contribution in [1.29, 1.82) is 0 Å². The molecule has 1 unspecified atom stereocenters. The molecule has 6 heteroatoms. The summed E-state index contributed by atoms with van der Waals surface area (Å²) >= 11 is 0. The molecule has 0 aromatic heterocycles. The van der Waals surface area contributed by atoms with Gasteiger partial charge in [0.2, 0.25) is 6.41 Å². The Bertz CT molecular complexity index is 450. The van der Waals surface area contributed by atoms with Gasteiger partial charge in [0.25, 0.3) is 5.91 Å². The number of carbonyl (C=O) groups excluding carboxylic acids is 2. The van der Waals surface area contributed by atoms with Crippen LogP contribution >= 0.6 is 0 Å². The van der Waals surface area contributed by atoms with Crippen molar-refractivity contribution in [2.45, 2.75) is 40.7 Å². The lowest BCUT2D eigenvalue weighted by molar-refractivity contribution is -0.106. The van der Waals surface area contributed by atoms with Crippen LogP contribution in [-0.2, 0) is 4.79 Å². The molecule has 6 N–H and O–H groups in total. The van der Waals surface area contributed by atoms with Gasteiger partial charge >= 0.3 is 0 Å². The predicted octanol–water partition coefficient (Wildman–Crippen LogP) is 1.85. The molecule has 0 saturated carbocycles. The lowest BCUT2D eigenvalue weighted by Gasteiger charge is -2.23. The summed E-state index contributed by atoms with van der Waals surface area (Å²) in [6.07, 6.45) is 0.250. The second-order valence-corrected chi connectivity index (χ2v) is 4.99. The molecule has 1 aliphatic rings. The number of nitrogens with two attached hydrogens (primary N) is 3. The first-order valence-electron chi connectivity index (χ1n) is 7.89. The minimum atomic E-state index is 0.187. The van der Waals surface area contributed by atoms with Gasteiger partial charge in [-0.2, -0.15) is 0 Å². The zero-order valence-corrected chi connectivity index (χ0v) is 15.0. The second kappa shape index (κ2) is 13.7. The minimum Gasteiger partial charge on any atom is -0.372 e. The van der Waals surface area contributed by atoms with E-state index in [9.17, 15) is 4.79 Å². The van der Waals surface area contributed by atoms with Crippen LogP contribution in [0, 0.1) is 5.92 Å². The van der Waals surface area contributed by atoms with Crippen LogP contribution in [-0.4, -0.2) is 30.4 Å². The molecule has 0 saturated heterocycles. The van der Waals surface area contributed by atoms with E-state index in [1.165, 1.54) is 5.56 Å². The van der Waals surface area contributed by atoms with Crippen molar-refractivity contribution in [1.82, 2.24) is 4.90 Å². The number of fused-ring (bicyclic) bond motifs is 1. The molecule has 2 amide bonds. The molecule has 0 fully saturated rings. The largest absolute Gasteiger partial charge is 0.372 e. The predicted molar refractivity (Wildman–Crippen MR) is 95.6 cm³/mol. The van der Waals surface area contributed by atoms with E-state index in [-0.39, 0.29) is 25.0 Å². The summed E-state index contributed by atoms with van der Waals surface area (Å²) in [5.74, 6) is 0.706. The molecule has 1 aromatic carbocycles. The second-order valence-electron chi connectivity index (χ2n) is 4.99. The fourth-order valence-electron chi connectivity index (χ4n) is 2.19. The summed E-state index contributed by atoms with van der Waals surface area (Å²) in [4.78, 5) is 22.6. The summed E-state index contributed by atoms with van der Waals surface area (Å²) < 4.78 is 0. The van der Waals surface area contributed by atoms with Crippen molar-refractivity contribution in [2.24, 2.45) is 23.1 Å². The fraction of sp³-hybridized carbons (Fsp3) is 0.529. The first-order valence-corrected chi connectivity index (χ1v) is 7.89. The van der Waals surface area contributed by atoms with Crippen LogP contribution in [0.2, 0.25) is 0 Å². The Morgan fingerprint density at radius 1 is 1.22 bits per heavy atom. The maximum Gasteiger partial charge on any atom is 0.254 e. The van der Waals surface area contributed by atoms with Crippen molar-refractivity contribution >= 4 is 12.3 Å². The van der Waals surface area contributed by atoms with E-state index in [0.717, 1.165) is 12.1 Å². The lowest BCUT2D eigenvalue weighted by Crippen LogP contribution is -2.30. The van der Waals surface area contributed by atoms with E-state index in [0.29, 0.717) is 5.92 Å². The van der Waals surface area contributed by atoms with Gasteiger partial charge in [-0.15, -0.1) is 0 Å². The Labute approximate surface area is 140 Å². The standard InChI is InChI=1S/C13H17NO.C2H6.CH6N2.CH3NO/c1-9(2)8-14-10(3)11-6-4-5-7-12(11)13(14)15;1-2;2*2-1-3/h4-7,9-10H,8H2,1-3H3;1-2H3;1-3H2;1H,(H2,2,3). The van der Waals surface area contributed by atoms with Crippen molar-refractivity contribution in [3.05, 3.63) is 35.4 Å². The molecule has 1 atom stereocenters. The zero-order chi connectivity index (χ0) is 18.4. The molecule has 23 heavy (non-hydrogen) atoms. The van der Waals surface area contributed by atoms with Crippen LogP contribution in [0.25, 0.3) is 0 Å². The van der Waals surface area contributed by atoms with Crippen LogP contribution in [0.5, 0.6) is 0 Å². The highest BCUT2D eigenvalue weighted by atomic mass is 16.2. The van der Waals surface area contributed by atoms with Crippen molar-refractivity contribution in [3.8, 4) is 0 Å². The number of hydrogen-bond acceptors (Lipinski definition) is 4. The first kappa shape index (κ1) is 23.3. The van der Waals surface area contributed by atoms with Gasteiger partial charge in [0.05, 0.1) is 6.04 Å². The smallest absolute Gasteiger partial charge is 0.254 e. The third-order valence-corrected chi connectivity index (χ3v) is 2.93. The van der Waals surface area contributed by atoms with Crippen LogP contribution in [0.4, 0.5) is 0 Å². The maximum absolute atomic E-state index is 12.1. The Morgan fingerprint density at radius 2 is 1.65 bits per heavy atom. The van der Waals surface area contributed by atoms with Crippen LogP contribution in [0.3, 0.4) is 0 Å². The third kappa shape index (κ3) is 7.76. The van der Waals surface area contributed by atoms with E-state index in [1.807, 2.05) is 36.9 Å². The number of amides is 2. The molecule has 1 heterocycles. The highest BCUT2D eigenvalue weighted by Gasteiger charge is 2.33. The molecule has 0 aliphatic carbocycles. The molecular formula is C17H32N4O2. The Hall–Kier alpha value is -1.92. The van der Waals surface area contributed by atoms with E-state index >= 15 is 0 Å². The van der Waals surface area contributed by atoms with Gasteiger partial charge in [0.1, 0.15) is 0 Å². The average Bonchev–Trinajstić information content (AvgIpc) is 2.76. The molecule has 0 radical (unpaired) electrons. The number of benzene rings is 1. The van der Waals surface area contributed by atoms with Crippen LogP contribution in [0.1, 0.15) is 56.6 Å². The number of hydrogen-bond donors (Lipinski definition) is 3. The maximum atomic E-state index is 12.1. The van der Waals surface area contributed by atoms with E-state index in [2.05, 4.69) is 44.0 Å². The monoisotopic (exact) mass is 324 g/mol. The Morgan fingerprint density at radius 3 is 2.04 bits per heavy atom. The zero-order valence-electron chi connectivity index (χ0n) is 15.0. The van der Waals surface area contributed by atoms with Crippen molar-refractivity contribution in [2.75, 3.05) is 13.2 Å². The normalized spacial score (nSPS) is 14.5. The van der Waals surface area contributed by atoms with E-state index < -0.39 is 0 Å². The quantitative estimate of drug-likeness (QED) is 0.568. The lowest BCUT2D eigenvalue weighted by atomic mass is 10.1. The molecular weight excluding hydrogens is 292 g/mol. The first-order chi connectivity index (χ1) is 10.9. The summed E-state index contributed by atoms with van der Waals surface area (Å²) in [6, 6.07) is 8.15. The third-order valence-electron chi connectivity index (χ3n) is 2.93. The molecule has 0 spiro atoms. The van der Waals surface area contributed by atoms with Gasteiger partial charge in [-0.05, 0) is 24.5 Å². The molecule has 1 aliphatic heterocycles. The summed E-state index contributed by atoms with van der Waals surface area (Å²) in [7, 11) is 0. The average molecular weight is 324 g/mol. The van der Waals surface area contributed by atoms with Gasteiger partial charge in [0.15, 0.2) is 0 Å². The molecule has 6 nitrogen and oxygen atoms in total. The molecule has 0 bridgehead atoms. The number of rotatable bonds is 2. The van der Waals surface area contributed by atoms with Gasteiger partial charge in [-0.3, -0.25) is 9.59 Å². The molecule has 1 aromatic rings. The van der Waals surface area contributed by atoms with Crippen LogP contribution in [0.15, 0.2) is 24.3 Å². The SMILES string of the molecule is CC.CC(C)CN1C(=O)c2ccccc2C1C.NC=O.NCN. The molecule has 132 valence electrons. The topological polar surface area (TPSA) is 115 Å². The Balaban J connectivity index is 0. The van der Waals surface area contributed by atoms with Crippen molar-refractivity contribution < 1.29 is 9.59 Å². The summed E-state index contributed by atoms with van der Waals surface area (Å²) in [5.41, 5.74) is 15.5. The van der Waals surface area contributed by atoms with Gasteiger partial charge in [-0.25, -0.2) is 0 Å². The summed E-state index contributed by atoms with van der Waals surface area (Å²) in [6.45, 7) is 11.5. The molecule has 2 rings (SSSR count). The summed E-state index contributed by atoms with van der Waals surface area (Å²) in [5, 5.41) is 0. The number of carbonyl (C=O) groups is 2. The van der Waals surface area contributed by atoms with Gasteiger partial charge < -0.3 is 22.1 Å². The minimum absolute atomic E-state index is 0.187. The Kier molecular flexibility index (Phi) is 13.9. The van der Waals surface area contributed by atoms with Gasteiger partial charge in [-0.1, -0.05) is 45.9 Å². The highest BCUT2D eigenvalue weighted by molar-refractivity contribution is 5.99. The number of primary amides is 1. The van der Waals surface area contributed by atoms with Crippen LogP contribution < -0.4 is 17.2 Å². The van der Waals surface area contributed by atoms with E-state index in [1.54, 1.807) is 0 Å². The number of nitrogens with zero attached hydrogens (tertiary/aromatic N) is 1. The fourth-order valence-corrected chi connectivity index (χ4v) is 2.19. The van der Waals surface area contributed by atoms with Gasteiger partial charge in [0, 0.05) is 18.8 Å². The van der Waals surface area contributed by atoms with E-state index in [4.69, 9.17) is 4.79 Å².